The highest BCUT2D eigenvalue weighted by Crippen LogP contribution is 2.20. The zero-order chi connectivity index (χ0) is 15.9. The molecule has 1 fully saturated rings. The van der Waals surface area contributed by atoms with Gasteiger partial charge in [0.25, 0.3) is 5.91 Å². The van der Waals surface area contributed by atoms with Crippen molar-refractivity contribution in [3.63, 3.8) is 0 Å². The second kappa shape index (κ2) is 7.83. The van der Waals surface area contributed by atoms with Gasteiger partial charge in [0.05, 0.1) is 6.61 Å². The third kappa shape index (κ3) is 4.00. The van der Waals surface area contributed by atoms with Crippen molar-refractivity contribution in [2.45, 2.75) is 13.0 Å². The first-order chi connectivity index (χ1) is 10.7. The van der Waals surface area contributed by atoms with Crippen molar-refractivity contribution in [3.05, 3.63) is 24.3 Å². The monoisotopic (exact) mass is 302 g/mol. The van der Waals surface area contributed by atoms with Gasteiger partial charge < -0.3 is 14.4 Å². The van der Waals surface area contributed by atoms with Crippen molar-refractivity contribution in [2.75, 3.05) is 44.8 Å². The minimum Gasteiger partial charge on any atom is -0.481 e. The van der Waals surface area contributed by atoms with Crippen LogP contribution in [0.25, 0.3) is 0 Å². The Morgan fingerprint density at radius 3 is 2.86 bits per heavy atom. The molecule has 0 radical (unpaired) electrons. The van der Waals surface area contributed by atoms with Crippen LogP contribution < -0.4 is 9.64 Å². The molecule has 1 atom stereocenters. The van der Waals surface area contributed by atoms with Crippen molar-refractivity contribution < 1.29 is 14.3 Å². The van der Waals surface area contributed by atoms with Crippen LogP contribution in [0.15, 0.2) is 24.3 Å². The fraction of sp³-hybridized carbons (Fsp3) is 0.471. The highest BCUT2D eigenvalue weighted by molar-refractivity contribution is 5.96. The number of likely N-dealkylation sites (N-methyl/N-ethyl adjacent to an activating group) is 2. The summed E-state index contributed by atoms with van der Waals surface area (Å²) >= 11 is 0. The SMILES string of the molecule is C#CCOc1ccc(N(C)C(=O)[C@H]2CN(CC)CCO2)cc1. The Morgan fingerprint density at radius 1 is 1.50 bits per heavy atom. The van der Waals surface area contributed by atoms with Crippen LogP contribution in [0.1, 0.15) is 6.92 Å². The second-order valence-corrected chi connectivity index (χ2v) is 5.14. The van der Waals surface area contributed by atoms with Gasteiger partial charge in [-0.3, -0.25) is 9.69 Å². The molecule has 1 aliphatic rings. The van der Waals surface area contributed by atoms with Crippen LogP contribution in [-0.4, -0.2) is 56.8 Å². The fourth-order valence-electron chi connectivity index (χ4n) is 2.37. The highest BCUT2D eigenvalue weighted by atomic mass is 16.5. The van der Waals surface area contributed by atoms with Crippen molar-refractivity contribution >= 4 is 11.6 Å². The summed E-state index contributed by atoms with van der Waals surface area (Å²) < 4.78 is 10.9. The summed E-state index contributed by atoms with van der Waals surface area (Å²) in [6.07, 6.45) is 4.75. The Bertz CT molecular complexity index is 536. The minimum atomic E-state index is -0.406. The minimum absolute atomic E-state index is 0.0320. The summed E-state index contributed by atoms with van der Waals surface area (Å²) in [7, 11) is 1.76. The molecule has 5 nitrogen and oxygen atoms in total. The predicted octanol–water partition coefficient (Wildman–Crippen LogP) is 1.38. The zero-order valence-corrected chi connectivity index (χ0v) is 13.1. The number of hydrogen-bond donors (Lipinski definition) is 0. The van der Waals surface area contributed by atoms with E-state index in [1.807, 2.05) is 12.1 Å². The molecule has 1 heterocycles. The Hall–Kier alpha value is -2.03. The number of benzene rings is 1. The van der Waals surface area contributed by atoms with Gasteiger partial charge in [-0.2, -0.15) is 0 Å². The number of amides is 1. The van der Waals surface area contributed by atoms with Gasteiger partial charge in [0.15, 0.2) is 0 Å². The van der Waals surface area contributed by atoms with Crippen LogP contribution in [0.5, 0.6) is 5.75 Å². The van der Waals surface area contributed by atoms with Gasteiger partial charge in [-0.05, 0) is 30.8 Å². The Labute approximate surface area is 131 Å². The van der Waals surface area contributed by atoms with E-state index in [2.05, 4.69) is 17.7 Å². The maximum absolute atomic E-state index is 12.5. The number of carbonyl (C=O) groups excluding carboxylic acids is 1. The molecule has 0 spiro atoms. The van der Waals surface area contributed by atoms with Crippen LogP contribution in [0.2, 0.25) is 0 Å². The van der Waals surface area contributed by atoms with E-state index in [1.54, 1.807) is 24.1 Å². The first kappa shape index (κ1) is 16.3. The van der Waals surface area contributed by atoms with Crippen LogP contribution in [0, 0.1) is 12.3 Å². The molecule has 118 valence electrons. The topological polar surface area (TPSA) is 42.0 Å². The summed E-state index contributed by atoms with van der Waals surface area (Å²) in [6.45, 7) is 5.37. The lowest BCUT2D eigenvalue weighted by Crippen LogP contribution is -2.50. The molecule has 0 aliphatic carbocycles. The molecule has 22 heavy (non-hydrogen) atoms. The molecule has 0 bridgehead atoms. The van der Waals surface area contributed by atoms with E-state index in [4.69, 9.17) is 15.9 Å². The van der Waals surface area contributed by atoms with E-state index in [9.17, 15) is 4.79 Å². The standard InChI is InChI=1S/C17H22N2O3/c1-4-11-21-15-8-6-14(7-9-15)18(3)17(20)16-13-19(5-2)10-12-22-16/h1,6-9,16H,5,10-13H2,2-3H3/t16-/m1/s1. The Kier molecular flexibility index (Phi) is 5.82. The summed E-state index contributed by atoms with van der Waals surface area (Å²) in [4.78, 5) is 16.4. The van der Waals surface area contributed by atoms with E-state index >= 15 is 0 Å². The molecule has 0 aromatic heterocycles. The maximum Gasteiger partial charge on any atom is 0.257 e. The van der Waals surface area contributed by atoms with E-state index < -0.39 is 6.10 Å². The average molecular weight is 302 g/mol. The smallest absolute Gasteiger partial charge is 0.257 e. The third-order valence-electron chi connectivity index (χ3n) is 3.75. The molecule has 0 saturated carbocycles. The molecule has 2 rings (SSSR count). The molecule has 1 saturated heterocycles. The van der Waals surface area contributed by atoms with Crippen LogP contribution >= 0.6 is 0 Å². The average Bonchev–Trinajstić information content (AvgIpc) is 2.59. The van der Waals surface area contributed by atoms with Gasteiger partial charge in [-0.15, -0.1) is 6.42 Å². The predicted molar refractivity (Wildman–Crippen MR) is 86.0 cm³/mol. The molecular weight excluding hydrogens is 280 g/mol. The van der Waals surface area contributed by atoms with Gasteiger partial charge in [0, 0.05) is 25.8 Å². The van der Waals surface area contributed by atoms with Crippen LogP contribution in [-0.2, 0) is 9.53 Å². The summed E-state index contributed by atoms with van der Waals surface area (Å²) in [5, 5.41) is 0. The quantitative estimate of drug-likeness (QED) is 0.771. The number of morpholine rings is 1. The van der Waals surface area contributed by atoms with E-state index in [1.165, 1.54) is 0 Å². The number of hydrogen-bond acceptors (Lipinski definition) is 4. The summed E-state index contributed by atoms with van der Waals surface area (Å²) in [5.41, 5.74) is 0.801. The normalized spacial score (nSPS) is 18.5. The zero-order valence-electron chi connectivity index (χ0n) is 13.1. The number of nitrogens with zero attached hydrogens (tertiary/aromatic N) is 2. The molecule has 1 aromatic carbocycles. The number of terminal acetylenes is 1. The molecule has 0 unspecified atom stereocenters. The second-order valence-electron chi connectivity index (χ2n) is 5.14. The lowest BCUT2D eigenvalue weighted by atomic mass is 10.2. The lowest BCUT2D eigenvalue weighted by Gasteiger charge is -2.33. The van der Waals surface area contributed by atoms with Crippen molar-refractivity contribution in [1.82, 2.24) is 4.90 Å². The molecule has 1 aromatic rings. The molecule has 1 amide bonds. The molecule has 5 heteroatoms. The van der Waals surface area contributed by atoms with Crippen LogP contribution in [0.4, 0.5) is 5.69 Å². The van der Waals surface area contributed by atoms with Gasteiger partial charge in [0.1, 0.15) is 18.5 Å². The van der Waals surface area contributed by atoms with Gasteiger partial charge in [0.2, 0.25) is 0 Å². The van der Waals surface area contributed by atoms with Crippen molar-refractivity contribution in [1.29, 1.82) is 0 Å². The van der Waals surface area contributed by atoms with Gasteiger partial charge in [-0.25, -0.2) is 0 Å². The molecule has 0 N–H and O–H groups in total. The van der Waals surface area contributed by atoms with E-state index in [0.29, 0.717) is 18.9 Å². The van der Waals surface area contributed by atoms with Crippen molar-refractivity contribution in [3.8, 4) is 18.1 Å². The van der Waals surface area contributed by atoms with E-state index in [0.717, 1.165) is 18.8 Å². The summed E-state index contributed by atoms with van der Waals surface area (Å²) in [5.74, 6) is 3.07. The molecule has 1 aliphatic heterocycles. The van der Waals surface area contributed by atoms with Crippen molar-refractivity contribution in [2.24, 2.45) is 0 Å². The largest absolute Gasteiger partial charge is 0.481 e. The number of anilines is 1. The lowest BCUT2D eigenvalue weighted by molar-refractivity contribution is -0.135. The molecular formula is C17H22N2O3. The number of ether oxygens (including phenoxy) is 2. The summed E-state index contributed by atoms with van der Waals surface area (Å²) in [6, 6.07) is 7.28. The van der Waals surface area contributed by atoms with Gasteiger partial charge in [-0.1, -0.05) is 12.8 Å². The Balaban J connectivity index is 1.99. The van der Waals surface area contributed by atoms with Crippen LogP contribution in [0.3, 0.4) is 0 Å². The Morgan fingerprint density at radius 2 is 2.23 bits per heavy atom. The first-order valence-corrected chi connectivity index (χ1v) is 7.43. The highest BCUT2D eigenvalue weighted by Gasteiger charge is 2.28. The van der Waals surface area contributed by atoms with Gasteiger partial charge >= 0.3 is 0 Å². The maximum atomic E-state index is 12.5. The first-order valence-electron chi connectivity index (χ1n) is 7.43. The third-order valence-corrected chi connectivity index (χ3v) is 3.75. The fourth-order valence-corrected chi connectivity index (χ4v) is 2.37. The van der Waals surface area contributed by atoms with E-state index in [-0.39, 0.29) is 12.5 Å². The number of carbonyl (C=O) groups is 1. The number of rotatable bonds is 5.